The Hall–Kier alpha value is -2.79. The highest BCUT2D eigenvalue weighted by molar-refractivity contribution is 5.94. The van der Waals surface area contributed by atoms with Crippen molar-refractivity contribution in [3.63, 3.8) is 0 Å². The first-order valence-electron chi connectivity index (χ1n) is 6.41. The van der Waals surface area contributed by atoms with Crippen LogP contribution in [0.25, 0.3) is 0 Å². The van der Waals surface area contributed by atoms with E-state index in [1.165, 1.54) is 6.20 Å². The Morgan fingerprint density at radius 2 is 1.75 bits per heavy atom. The van der Waals surface area contributed by atoms with Gasteiger partial charge < -0.3 is 10.2 Å². The van der Waals surface area contributed by atoms with Crippen LogP contribution in [0.2, 0.25) is 0 Å². The normalized spacial score (nSPS) is 13.2. The van der Waals surface area contributed by atoms with Crippen molar-refractivity contribution in [2.45, 2.75) is 12.8 Å². The number of nitriles is 2. The summed E-state index contributed by atoms with van der Waals surface area (Å²) in [5.74, 6) is 0.0549. The van der Waals surface area contributed by atoms with E-state index in [4.69, 9.17) is 10.5 Å². The molecule has 0 unspecified atom stereocenters. The van der Waals surface area contributed by atoms with Crippen molar-refractivity contribution >= 4 is 11.6 Å². The van der Waals surface area contributed by atoms with Crippen LogP contribution >= 0.6 is 0 Å². The third-order valence-corrected chi connectivity index (χ3v) is 3.15. The van der Waals surface area contributed by atoms with Gasteiger partial charge in [-0.3, -0.25) is 4.79 Å². The lowest BCUT2D eigenvalue weighted by Gasteiger charge is -2.15. The molecule has 5 nitrogen and oxygen atoms in total. The average Bonchev–Trinajstić information content (AvgIpc) is 3.02. The lowest BCUT2D eigenvalue weighted by atomic mass is 10.2. The molecule has 1 aliphatic rings. The summed E-state index contributed by atoms with van der Waals surface area (Å²) < 4.78 is 0. The standard InChI is InChI=1S/C15H14N4O/c16-9-12(10-17)11-18-14-5-3-13(4-6-14)15(20)19-7-1-2-8-19/h3-6,11,18H,1-2,7-8H2. The first-order chi connectivity index (χ1) is 9.74. The fourth-order valence-corrected chi connectivity index (χ4v) is 2.06. The van der Waals surface area contributed by atoms with E-state index < -0.39 is 0 Å². The highest BCUT2D eigenvalue weighted by Gasteiger charge is 2.18. The maximum absolute atomic E-state index is 12.1. The van der Waals surface area contributed by atoms with E-state index in [2.05, 4.69) is 5.32 Å². The monoisotopic (exact) mass is 266 g/mol. The molecule has 0 radical (unpaired) electrons. The summed E-state index contributed by atoms with van der Waals surface area (Å²) in [5, 5.41) is 20.1. The lowest BCUT2D eigenvalue weighted by Crippen LogP contribution is -2.27. The third kappa shape index (κ3) is 3.15. The minimum Gasteiger partial charge on any atom is -0.360 e. The topological polar surface area (TPSA) is 79.9 Å². The molecule has 1 N–H and O–H groups in total. The average molecular weight is 266 g/mol. The van der Waals surface area contributed by atoms with Gasteiger partial charge in [0, 0.05) is 30.5 Å². The lowest BCUT2D eigenvalue weighted by molar-refractivity contribution is 0.0793. The molecular weight excluding hydrogens is 252 g/mol. The minimum atomic E-state index is 0.00206. The second-order valence-electron chi connectivity index (χ2n) is 4.50. The van der Waals surface area contributed by atoms with Gasteiger partial charge in [0.15, 0.2) is 0 Å². The second kappa shape index (κ2) is 6.40. The van der Waals surface area contributed by atoms with Crippen molar-refractivity contribution < 1.29 is 4.79 Å². The van der Waals surface area contributed by atoms with Crippen LogP contribution in [0.5, 0.6) is 0 Å². The largest absolute Gasteiger partial charge is 0.360 e. The van der Waals surface area contributed by atoms with Crippen molar-refractivity contribution in [3.05, 3.63) is 41.6 Å². The van der Waals surface area contributed by atoms with Gasteiger partial charge in [0.2, 0.25) is 0 Å². The molecule has 1 heterocycles. The molecule has 1 amide bonds. The van der Waals surface area contributed by atoms with Crippen LogP contribution in [0.3, 0.4) is 0 Å². The van der Waals surface area contributed by atoms with E-state index >= 15 is 0 Å². The molecule has 1 aromatic rings. The number of likely N-dealkylation sites (tertiary alicyclic amines) is 1. The summed E-state index contributed by atoms with van der Waals surface area (Å²) in [6.45, 7) is 1.66. The molecule has 0 aromatic heterocycles. The van der Waals surface area contributed by atoms with Crippen molar-refractivity contribution in [1.82, 2.24) is 4.90 Å². The predicted octanol–water partition coefficient (Wildman–Crippen LogP) is 2.27. The Kier molecular flexibility index (Phi) is 4.36. The summed E-state index contributed by atoms with van der Waals surface area (Å²) in [7, 11) is 0. The Morgan fingerprint density at radius 1 is 1.15 bits per heavy atom. The Labute approximate surface area is 117 Å². The molecule has 0 spiro atoms. The zero-order chi connectivity index (χ0) is 14.4. The molecular formula is C15H14N4O. The first kappa shape index (κ1) is 13.6. The molecule has 0 saturated carbocycles. The second-order valence-corrected chi connectivity index (χ2v) is 4.50. The fraction of sp³-hybridized carbons (Fsp3) is 0.267. The molecule has 0 atom stereocenters. The van der Waals surface area contributed by atoms with Gasteiger partial charge in [0.1, 0.15) is 17.7 Å². The molecule has 5 heteroatoms. The summed E-state index contributed by atoms with van der Waals surface area (Å²) in [4.78, 5) is 14.0. The van der Waals surface area contributed by atoms with Gasteiger partial charge in [-0.25, -0.2) is 0 Å². The van der Waals surface area contributed by atoms with Gasteiger partial charge in [-0.1, -0.05) is 0 Å². The third-order valence-electron chi connectivity index (χ3n) is 3.15. The van der Waals surface area contributed by atoms with Gasteiger partial charge in [-0.2, -0.15) is 10.5 Å². The molecule has 1 fully saturated rings. The number of carbonyl (C=O) groups excluding carboxylic acids is 1. The van der Waals surface area contributed by atoms with Gasteiger partial charge >= 0.3 is 0 Å². The van der Waals surface area contributed by atoms with Gasteiger partial charge in [0.05, 0.1) is 0 Å². The van der Waals surface area contributed by atoms with Crippen LogP contribution in [0.15, 0.2) is 36.0 Å². The number of allylic oxidation sites excluding steroid dienone is 1. The van der Waals surface area contributed by atoms with Crippen molar-refractivity contribution in [3.8, 4) is 12.1 Å². The molecule has 1 aliphatic heterocycles. The zero-order valence-corrected chi connectivity index (χ0v) is 11.0. The van der Waals surface area contributed by atoms with Gasteiger partial charge in [-0.15, -0.1) is 0 Å². The fourth-order valence-electron chi connectivity index (χ4n) is 2.06. The van der Waals surface area contributed by atoms with Crippen LogP contribution in [-0.4, -0.2) is 23.9 Å². The molecule has 1 aromatic carbocycles. The number of carbonyl (C=O) groups is 1. The predicted molar refractivity (Wildman–Crippen MR) is 74.5 cm³/mol. The summed E-state index contributed by atoms with van der Waals surface area (Å²) >= 11 is 0. The summed E-state index contributed by atoms with van der Waals surface area (Å²) in [5.41, 5.74) is 1.38. The first-order valence-corrected chi connectivity index (χ1v) is 6.41. The molecule has 2 rings (SSSR count). The smallest absolute Gasteiger partial charge is 0.253 e. The van der Waals surface area contributed by atoms with E-state index in [-0.39, 0.29) is 11.5 Å². The van der Waals surface area contributed by atoms with Crippen LogP contribution in [0.4, 0.5) is 5.69 Å². The highest BCUT2D eigenvalue weighted by atomic mass is 16.2. The Morgan fingerprint density at radius 3 is 2.30 bits per heavy atom. The number of amides is 1. The molecule has 0 aliphatic carbocycles. The van der Waals surface area contributed by atoms with Crippen LogP contribution < -0.4 is 5.32 Å². The number of hydrogen-bond acceptors (Lipinski definition) is 4. The van der Waals surface area contributed by atoms with Crippen LogP contribution in [0, 0.1) is 22.7 Å². The van der Waals surface area contributed by atoms with Gasteiger partial charge in [0.25, 0.3) is 5.91 Å². The number of nitrogens with one attached hydrogen (secondary N) is 1. The molecule has 1 saturated heterocycles. The number of anilines is 1. The van der Waals surface area contributed by atoms with Crippen molar-refractivity contribution in [2.75, 3.05) is 18.4 Å². The zero-order valence-electron chi connectivity index (χ0n) is 11.0. The van der Waals surface area contributed by atoms with E-state index in [0.717, 1.165) is 31.6 Å². The molecule has 20 heavy (non-hydrogen) atoms. The van der Waals surface area contributed by atoms with Crippen LogP contribution in [0.1, 0.15) is 23.2 Å². The highest BCUT2D eigenvalue weighted by Crippen LogP contribution is 2.15. The van der Waals surface area contributed by atoms with E-state index in [0.29, 0.717) is 5.56 Å². The Balaban J connectivity index is 2.03. The van der Waals surface area contributed by atoms with Crippen LogP contribution in [-0.2, 0) is 0 Å². The van der Waals surface area contributed by atoms with E-state index in [9.17, 15) is 4.79 Å². The number of rotatable bonds is 3. The SMILES string of the molecule is N#CC(C#N)=CNc1ccc(C(=O)N2CCCC2)cc1. The summed E-state index contributed by atoms with van der Waals surface area (Å²) in [6.07, 6.45) is 3.49. The number of nitrogens with zero attached hydrogens (tertiary/aromatic N) is 3. The van der Waals surface area contributed by atoms with E-state index in [1.807, 2.05) is 4.90 Å². The number of benzene rings is 1. The minimum absolute atomic E-state index is 0.00206. The quantitative estimate of drug-likeness (QED) is 0.851. The Bertz CT molecular complexity index is 582. The maximum atomic E-state index is 12.1. The molecule has 100 valence electrons. The van der Waals surface area contributed by atoms with E-state index in [1.54, 1.807) is 36.4 Å². The number of hydrogen-bond donors (Lipinski definition) is 1. The van der Waals surface area contributed by atoms with Crippen molar-refractivity contribution in [2.24, 2.45) is 0 Å². The van der Waals surface area contributed by atoms with Crippen molar-refractivity contribution in [1.29, 1.82) is 10.5 Å². The molecule has 0 bridgehead atoms. The summed E-state index contributed by atoms with van der Waals surface area (Å²) in [6, 6.07) is 10.5. The van der Waals surface area contributed by atoms with Gasteiger partial charge in [-0.05, 0) is 37.1 Å². The maximum Gasteiger partial charge on any atom is 0.253 e.